The van der Waals surface area contributed by atoms with Gasteiger partial charge in [-0.05, 0) is 45.8 Å². The lowest BCUT2D eigenvalue weighted by atomic mass is 9.84. The zero-order chi connectivity index (χ0) is 10.4. The van der Waals surface area contributed by atoms with Gasteiger partial charge in [-0.1, -0.05) is 19.8 Å². The summed E-state index contributed by atoms with van der Waals surface area (Å²) in [7, 11) is 4.37. The van der Waals surface area contributed by atoms with Crippen molar-refractivity contribution in [2.45, 2.75) is 45.1 Å². The molecule has 0 aromatic heterocycles. The van der Waals surface area contributed by atoms with Gasteiger partial charge in [0.25, 0.3) is 0 Å². The minimum absolute atomic E-state index is 0.767. The van der Waals surface area contributed by atoms with Crippen LogP contribution in [-0.2, 0) is 0 Å². The zero-order valence-electron chi connectivity index (χ0n) is 10.1. The van der Waals surface area contributed by atoms with Gasteiger partial charge in [0.2, 0.25) is 0 Å². The summed E-state index contributed by atoms with van der Waals surface area (Å²) in [5, 5.41) is 3.47. The van der Waals surface area contributed by atoms with Crippen molar-refractivity contribution < 1.29 is 0 Å². The fraction of sp³-hybridized carbons (Fsp3) is 1.00. The van der Waals surface area contributed by atoms with Crippen LogP contribution in [0.3, 0.4) is 0 Å². The van der Waals surface area contributed by atoms with E-state index >= 15 is 0 Å². The van der Waals surface area contributed by atoms with Crippen molar-refractivity contribution in [3.05, 3.63) is 0 Å². The molecule has 0 aliphatic heterocycles. The predicted molar refractivity (Wildman–Crippen MR) is 62.6 cm³/mol. The van der Waals surface area contributed by atoms with E-state index in [1.165, 1.54) is 45.2 Å². The topological polar surface area (TPSA) is 15.3 Å². The van der Waals surface area contributed by atoms with Gasteiger partial charge in [-0.25, -0.2) is 0 Å². The molecule has 1 N–H and O–H groups in total. The van der Waals surface area contributed by atoms with Crippen LogP contribution in [0.5, 0.6) is 0 Å². The van der Waals surface area contributed by atoms with Gasteiger partial charge in [-0.15, -0.1) is 0 Å². The van der Waals surface area contributed by atoms with E-state index in [1.54, 1.807) is 0 Å². The molecule has 1 saturated carbocycles. The summed E-state index contributed by atoms with van der Waals surface area (Å²) in [6.07, 6.45) is 6.91. The van der Waals surface area contributed by atoms with E-state index < -0.39 is 0 Å². The van der Waals surface area contributed by atoms with Crippen LogP contribution in [0.2, 0.25) is 0 Å². The summed E-state index contributed by atoms with van der Waals surface area (Å²) >= 11 is 0. The van der Waals surface area contributed by atoms with Crippen LogP contribution in [0.1, 0.15) is 39.0 Å². The van der Waals surface area contributed by atoms with Crippen molar-refractivity contribution in [3.8, 4) is 0 Å². The van der Waals surface area contributed by atoms with Crippen LogP contribution < -0.4 is 5.32 Å². The zero-order valence-corrected chi connectivity index (χ0v) is 10.1. The Balaban J connectivity index is 2.32. The quantitative estimate of drug-likeness (QED) is 0.728. The monoisotopic (exact) mass is 198 g/mol. The largest absolute Gasteiger partial charge is 0.317 e. The summed E-state index contributed by atoms with van der Waals surface area (Å²) < 4.78 is 0. The van der Waals surface area contributed by atoms with E-state index in [1.807, 2.05) is 0 Å². The molecule has 2 nitrogen and oxygen atoms in total. The van der Waals surface area contributed by atoms with Crippen molar-refractivity contribution in [3.63, 3.8) is 0 Å². The Hall–Kier alpha value is -0.0800. The molecule has 0 amide bonds. The highest BCUT2D eigenvalue weighted by Crippen LogP contribution is 2.24. The highest BCUT2D eigenvalue weighted by Gasteiger charge is 2.24. The average molecular weight is 198 g/mol. The fourth-order valence-electron chi connectivity index (χ4n) is 2.68. The van der Waals surface area contributed by atoms with Crippen LogP contribution >= 0.6 is 0 Å². The van der Waals surface area contributed by atoms with Gasteiger partial charge >= 0.3 is 0 Å². The van der Waals surface area contributed by atoms with Crippen LogP contribution in [0.15, 0.2) is 0 Å². The molecular formula is C12H26N2. The molecule has 0 spiro atoms. The van der Waals surface area contributed by atoms with E-state index in [0.717, 1.165) is 12.0 Å². The molecule has 1 aliphatic carbocycles. The normalized spacial score (nSPS) is 28.3. The van der Waals surface area contributed by atoms with E-state index in [2.05, 4.69) is 31.2 Å². The second-order valence-electron chi connectivity index (χ2n) is 4.70. The van der Waals surface area contributed by atoms with Crippen molar-refractivity contribution in [2.24, 2.45) is 5.92 Å². The fourth-order valence-corrected chi connectivity index (χ4v) is 2.68. The first-order valence-electron chi connectivity index (χ1n) is 6.13. The first-order valence-corrected chi connectivity index (χ1v) is 6.13. The van der Waals surface area contributed by atoms with Gasteiger partial charge in [0.15, 0.2) is 0 Å². The second kappa shape index (κ2) is 6.41. The third-order valence-electron chi connectivity index (χ3n) is 3.43. The van der Waals surface area contributed by atoms with Crippen molar-refractivity contribution >= 4 is 0 Å². The number of nitrogens with zero attached hydrogens (tertiary/aromatic N) is 1. The third kappa shape index (κ3) is 3.58. The lowest BCUT2D eigenvalue weighted by Crippen LogP contribution is -2.42. The first-order chi connectivity index (χ1) is 6.77. The minimum atomic E-state index is 0.767. The molecule has 1 aliphatic rings. The second-order valence-corrected chi connectivity index (χ2v) is 4.70. The third-order valence-corrected chi connectivity index (χ3v) is 3.43. The maximum atomic E-state index is 3.47. The molecule has 0 radical (unpaired) electrons. The van der Waals surface area contributed by atoms with Crippen LogP contribution in [0.25, 0.3) is 0 Å². The van der Waals surface area contributed by atoms with E-state index in [4.69, 9.17) is 0 Å². The molecule has 1 rings (SSSR count). The molecule has 84 valence electrons. The van der Waals surface area contributed by atoms with Crippen LogP contribution in [0.4, 0.5) is 0 Å². The molecule has 2 atom stereocenters. The standard InChI is InChI=1S/C12H26N2/c1-4-9-14(3)10-11-7-5-6-8-12(11)13-2/h11-13H,4-10H2,1-3H3. The molecule has 1 fully saturated rings. The van der Waals surface area contributed by atoms with E-state index in [-0.39, 0.29) is 0 Å². The summed E-state index contributed by atoms with van der Waals surface area (Å²) in [6, 6.07) is 0.767. The molecular weight excluding hydrogens is 172 g/mol. The van der Waals surface area contributed by atoms with Crippen molar-refractivity contribution in [1.29, 1.82) is 0 Å². The molecule has 2 heteroatoms. The molecule has 0 heterocycles. The molecule has 0 saturated heterocycles. The van der Waals surface area contributed by atoms with Gasteiger partial charge in [0.05, 0.1) is 0 Å². The minimum Gasteiger partial charge on any atom is -0.317 e. The number of hydrogen-bond acceptors (Lipinski definition) is 2. The number of hydrogen-bond donors (Lipinski definition) is 1. The molecule has 0 aromatic carbocycles. The van der Waals surface area contributed by atoms with E-state index in [9.17, 15) is 0 Å². The molecule has 14 heavy (non-hydrogen) atoms. The summed E-state index contributed by atoms with van der Waals surface area (Å²) in [5.74, 6) is 0.880. The average Bonchev–Trinajstić information content (AvgIpc) is 2.19. The Labute approximate surface area is 89.1 Å². The van der Waals surface area contributed by atoms with Gasteiger partial charge in [0, 0.05) is 12.6 Å². The Bertz CT molecular complexity index is 147. The Morgan fingerprint density at radius 2 is 2.00 bits per heavy atom. The van der Waals surface area contributed by atoms with E-state index in [0.29, 0.717) is 0 Å². The first kappa shape index (κ1) is 12.0. The number of nitrogens with one attached hydrogen (secondary N) is 1. The number of rotatable bonds is 5. The predicted octanol–water partition coefficient (Wildman–Crippen LogP) is 2.11. The summed E-state index contributed by atoms with van der Waals surface area (Å²) in [4.78, 5) is 2.49. The van der Waals surface area contributed by atoms with Gasteiger partial charge in [-0.2, -0.15) is 0 Å². The van der Waals surface area contributed by atoms with Crippen LogP contribution in [0, 0.1) is 5.92 Å². The molecule has 0 aromatic rings. The molecule has 2 unspecified atom stereocenters. The maximum Gasteiger partial charge on any atom is 0.0104 e. The van der Waals surface area contributed by atoms with Gasteiger partial charge in [0.1, 0.15) is 0 Å². The van der Waals surface area contributed by atoms with Crippen molar-refractivity contribution in [2.75, 3.05) is 27.2 Å². The highest BCUT2D eigenvalue weighted by molar-refractivity contribution is 4.81. The highest BCUT2D eigenvalue weighted by atomic mass is 15.1. The Kier molecular flexibility index (Phi) is 5.49. The van der Waals surface area contributed by atoms with Crippen LogP contribution in [-0.4, -0.2) is 38.1 Å². The smallest absolute Gasteiger partial charge is 0.0104 e. The Morgan fingerprint density at radius 3 is 2.64 bits per heavy atom. The Morgan fingerprint density at radius 1 is 1.29 bits per heavy atom. The SMILES string of the molecule is CCCN(C)CC1CCCCC1NC. The summed E-state index contributed by atoms with van der Waals surface area (Å²) in [6.45, 7) is 4.78. The lowest BCUT2D eigenvalue weighted by Gasteiger charge is -2.34. The molecule has 0 bridgehead atoms. The lowest BCUT2D eigenvalue weighted by molar-refractivity contribution is 0.195. The van der Waals surface area contributed by atoms with Gasteiger partial charge < -0.3 is 10.2 Å². The summed E-state index contributed by atoms with van der Waals surface area (Å²) in [5.41, 5.74) is 0. The maximum absolute atomic E-state index is 3.47. The van der Waals surface area contributed by atoms with Crippen molar-refractivity contribution in [1.82, 2.24) is 10.2 Å². The van der Waals surface area contributed by atoms with Gasteiger partial charge in [-0.3, -0.25) is 0 Å².